The van der Waals surface area contributed by atoms with Gasteiger partial charge in [-0.1, -0.05) is 27.7 Å². The molecule has 1 aromatic carbocycles. The quantitative estimate of drug-likeness (QED) is 0.760. The summed E-state index contributed by atoms with van der Waals surface area (Å²) in [6.07, 6.45) is 0. The molecule has 1 rings (SSSR count). The van der Waals surface area contributed by atoms with Gasteiger partial charge in [-0.3, -0.25) is 0 Å². The van der Waals surface area contributed by atoms with E-state index in [0.29, 0.717) is 0 Å². The van der Waals surface area contributed by atoms with E-state index in [1.165, 1.54) is 0 Å². The average molecular weight is 230 g/mol. The second-order valence-corrected chi connectivity index (χ2v) is 3.38. The van der Waals surface area contributed by atoms with Gasteiger partial charge in [-0.2, -0.15) is 0 Å². The number of halogens is 2. The Morgan fingerprint density at radius 3 is 1.81 bits per heavy atom. The molecule has 0 amide bonds. The van der Waals surface area contributed by atoms with Crippen molar-refractivity contribution >= 4 is 12.6 Å². The molecule has 0 aliphatic heterocycles. The summed E-state index contributed by atoms with van der Waals surface area (Å²) >= 11 is 0. The van der Waals surface area contributed by atoms with Crippen LogP contribution in [0.15, 0.2) is 12.1 Å². The van der Waals surface area contributed by atoms with Crippen molar-refractivity contribution < 1.29 is 18.8 Å². The Kier molecular flexibility index (Phi) is 6.22. The molecule has 0 aliphatic carbocycles. The van der Waals surface area contributed by atoms with Crippen LogP contribution in [-0.4, -0.2) is 17.2 Å². The summed E-state index contributed by atoms with van der Waals surface area (Å²) in [6, 6.07) is 1.87. The topological polar surface area (TPSA) is 40.5 Å². The molecule has 0 aromatic heterocycles. The minimum Gasteiger partial charge on any atom is -0.423 e. The fourth-order valence-electron chi connectivity index (χ4n) is 1.43. The highest BCUT2D eigenvalue weighted by molar-refractivity contribution is 6.59. The first-order valence-corrected chi connectivity index (χ1v) is 5.29. The van der Waals surface area contributed by atoms with Crippen molar-refractivity contribution in [1.29, 1.82) is 0 Å². The zero-order valence-electron chi connectivity index (χ0n) is 9.96. The van der Waals surface area contributed by atoms with Crippen molar-refractivity contribution in [3.05, 3.63) is 29.3 Å². The Balaban J connectivity index is 0.00000106. The van der Waals surface area contributed by atoms with E-state index in [-0.39, 0.29) is 16.9 Å². The number of hydrogen-bond acceptors (Lipinski definition) is 2. The molecule has 0 aliphatic rings. The third-order valence-electron chi connectivity index (χ3n) is 2.02. The van der Waals surface area contributed by atoms with E-state index in [0.717, 1.165) is 12.1 Å². The maximum atomic E-state index is 13.3. The van der Waals surface area contributed by atoms with Crippen LogP contribution in [0, 0.1) is 11.6 Å². The summed E-state index contributed by atoms with van der Waals surface area (Å²) in [5, 5.41) is 17.8. The first-order chi connectivity index (χ1) is 7.45. The van der Waals surface area contributed by atoms with Gasteiger partial charge >= 0.3 is 7.12 Å². The van der Waals surface area contributed by atoms with Crippen LogP contribution in [0.4, 0.5) is 8.78 Å². The van der Waals surface area contributed by atoms with E-state index in [1.807, 2.05) is 13.8 Å². The molecule has 0 saturated carbocycles. The third-order valence-corrected chi connectivity index (χ3v) is 2.02. The van der Waals surface area contributed by atoms with Crippen LogP contribution < -0.4 is 5.46 Å². The summed E-state index contributed by atoms with van der Waals surface area (Å²) in [4.78, 5) is 0. The lowest BCUT2D eigenvalue weighted by atomic mass is 9.74. The molecular formula is C11H17BF2O2. The molecule has 0 bridgehead atoms. The molecule has 0 unspecified atom stereocenters. The van der Waals surface area contributed by atoms with Crippen LogP contribution in [0.5, 0.6) is 0 Å². The molecule has 5 heteroatoms. The Labute approximate surface area is 95.1 Å². The summed E-state index contributed by atoms with van der Waals surface area (Å²) in [6.45, 7) is 7.31. The van der Waals surface area contributed by atoms with Gasteiger partial charge in [0.1, 0.15) is 11.6 Å². The number of rotatable bonds is 2. The monoisotopic (exact) mass is 230 g/mol. The van der Waals surface area contributed by atoms with Gasteiger partial charge in [-0.05, 0) is 23.6 Å². The van der Waals surface area contributed by atoms with Crippen molar-refractivity contribution in [2.75, 3.05) is 0 Å². The second-order valence-electron chi connectivity index (χ2n) is 3.38. The second kappa shape index (κ2) is 6.61. The molecule has 2 nitrogen and oxygen atoms in total. The third kappa shape index (κ3) is 3.28. The molecule has 90 valence electrons. The Bertz CT molecular complexity index is 308. The van der Waals surface area contributed by atoms with Crippen molar-refractivity contribution in [2.24, 2.45) is 0 Å². The van der Waals surface area contributed by atoms with Crippen molar-refractivity contribution in [2.45, 2.75) is 33.6 Å². The highest BCUT2D eigenvalue weighted by Crippen LogP contribution is 2.17. The lowest BCUT2D eigenvalue weighted by Gasteiger charge is -2.13. The van der Waals surface area contributed by atoms with Crippen LogP contribution in [0.3, 0.4) is 0 Å². The fraction of sp³-hybridized carbons (Fsp3) is 0.455. The van der Waals surface area contributed by atoms with E-state index in [9.17, 15) is 8.78 Å². The molecule has 0 atom stereocenters. The largest absolute Gasteiger partial charge is 0.491 e. The van der Waals surface area contributed by atoms with Gasteiger partial charge in [0.2, 0.25) is 0 Å². The minimum absolute atomic E-state index is 0.0139. The fourth-order valence-corrected chi connectivity index (χ4v) is 1.43. The molecule has 0 heterocycles. The maximum Gasteiger partial charge on any atom is 0.491 e. The van der Waals surface area contributed by atoms with Gasteiger partial charge in [0.25, 0.3) is 0 Å². The van der Waals surface area contributed by atoms with E-state index in [2.05, 4.69) is 0 Å². The molecule has 0 fully saturated rings. The lowest BCUT2D eigenvalue weighted by Crippen LogP contribution is -2.37. The first-order valence-electron chi connectivity index (χ1n) is 5.29. The normalized spacial score (nSPS) is 9.81. The van der Waals surface area contributed by atoms with E-state index in [4.69, 9.17) is 10.0 Å². The van der Waals surface area contributed by atoms with Gasteiger partial charge in [0, 0.05) is 5.46 Å². The lowest BCUT2D eigenvalue weighted by molar-refractivity contribution is 0.421. The van der Waals surface area contributed by atoms with Gasteiger partial charge in [-0.15, -0.1) is 0 Å². The Morgan fingerprint density at radius 2 is 1.50 bits per heavy atom. The molecular weight excluding hydrogens is 213 g/mol. The molecule has 2 N–H and O–H groups in total. The van der Waals surface area contributed by atoms with Crippen LogP contribution in [0.25, 0.3) is 0 Å². The van der Waals surface area contributed by atoms with Gasteiger partial charge in [0.05, 0.1) is 0 Å². The standard InChI is InChI=1S/C9H11BF2O2.C2H6/c1-5(2)8-6(11)3-4-7(12)9(8)10(13)14;1-2/h3-5,13-14H,1-2H3;1-2H3. The van der Waals surface area contributed by atoms with Crippen LogP contribution in [-0.2, 0) is 0 Å². The van der Waals surface area contributed by atoms with E-state index >= 15 is 0 Å². The average Bonchev–Trinajstić information content (AvgIpc) is 2.23. The minimum atomic E-state index is -1.98. The maximum absolute atomic E-state index is 13.3. The predicted molar refractivity (Wildman–Crippen MR) is 61.6 cm³/mol. The van der Waals surface area contributed by atoms with Crippen LogP contribution in [0.1, 0.15) is 39.2 Å². The zero-order valence-corrected chi connectivity index (χ0v) is 9.96. The van der Waals surface area contributed by atoms with E-state index < -0.39 is 18.8 Å². The number of benzene rings is 1. The molecule has 0 radical (unpaired) electrons. The van der Waals surface area contributed by atoms with Crippen LogP contribution in [0.2, 0.25) is 0 Å². The van der Waals surface area contributed by atoms with Crippen LogP contribution >= 0.6 is 0 Å². The predicted octanol–water partition coefficient (Wildman–Crippen LogP) is 1.79. The van der Waals surface area contributed by atoms with Crippen molar-refractivity contribution in [3.63, 3.8) is 0 Å². The van der Waals surface area contributed by atoms with Crippen molar-refractivity contribution in [3.8, 4) is 0 Å². The summed E-state index contributed by atoms with van der Waals surface area (Å²) in [5.41, 5.74) is -0.361. The smallest absolute Gasteiger partial charge is 0.423 e. The number of hydrogen-bond donors (Lipinski definition) is 2. The van der Waals surface area contributed by atoms with E-state index in [1.54, 1.807) is 13.8 Å². The first kappa shape index (κ1) is 15.1. The van der Waals surface area contributed by atoms with Gasteiger partial charge in [0.15, 0.2) is 0 Å². The SMILES string of the molecule is CC.CC(C)c1c(F)ccc(F)c1B(O)O. The van der Waals surface area contributed by atoms with Gasteiger partial charge in [-0.25, -0.2) is 8.78 Å². The molecule has 0 spiro atoms. The summed E-state index contributed by atoms with van der Waals surface area (Å²) in [7, 11) is -1.98. The van der Waals surface area contributed by atoms with Crippen molar-refractivity contribution in [1.82, 2.24) is 0 Å². The summed E-state index contributed by atoms with van der Waals surface area (Å²) in [5.74, 6) is -1.72. The van der Waals surface area contributed by atoms with Gasteiger partial charge < -0.3 is 10.0 Å². The summed E-state index contributed by atoms with van der Waals surface area (Å²) < 4.78 is 26.4. The molecule has 0 saturated heterocycles. The highest BCUT2D eigenvalue weighted by Gasteiger charge is 2.25. The Hall–Kier alpha value is -0.935. The zero-order chi connectivity index (χ0) is 12.9. The highest BCUT2D eigenvalue weighted by atomic mass is 19.1. The molecule has 16 heavy (non-hydrogen) atoms. The Morgan fingerprint density at radius 1 is 1.06 bits per heavy atom. The molecule has 1 aromatic rings.